The summed E-state index contributed by atoms with van der Waals surface area (Å²) in [7, 11) is 3.39. The van der Waals surface area contributed by atoms with Gasteiger partial charge < -0.3 is 19.3 Å². The molecule has 0 aliphatic rings. The highest BCUT2D eigenvalue weighted by Crippen LogP contribution is 2.34. The molecule has 2 aromatic carbocycles. The third-order valence-electron chi connectivity index (χ3n) is 4.62. The predicted octanol–water partition coefficient (Wildman–Crippen LogP) is 4.63. The molecule has 3 aromatic rings. The number of methoxy groups -OCH3 is 1. The monoisotopic (exact) mass is 414 g/mol. The van der Waals surface area contributed by atoms with E-state index in [1.54, 1.807) is 28.3 Å². The van der Waals surface area contributed by atoms with Crippen LogP contribution < -0.4 is 4.90 Å². The summed E-state index contributed by atoms with van der Waals surface area (Å²) in [6, 6.07) is 15.1. The van der Waals surface area contributed by atoms with E-state index in [1.165, 1.54) is 0 Å². The Balaban J connectivity index is 2.20. The Morgan fingerprint density at radius 3 is 2.61 bits per heavy atom. The van der Waals surface area contributed by atoms with Crippen molar-refractivity contribution in [3.05, 3.63) is 58.7 Å². The van der Waals surface area contributed by atoms with Crippen LogP contribution in [0.2, 0.25) is 0 Å². The fraction of sp³-hybridized carbons (Fsp3) is 0.238. The summed E-state index contributed by atoms with van der Waals surface area (Å²) in [6.45, 7) is 0.713. The van der Waals surface area contributed by atoms with E-state index in [2.05, 4.69) is 0 Å². The number of fused-ring (bicyclic) bond motifs is 1. The average molecular weight is 415 g/mol. The second-order valence-corrected chi connectivity index (χ2v) is 7.52. The second kappa shape index (κ2) is 8.77. The van der Waals surface area contributed by atoms with Crippen LogP contribution in [0.4, 0.5) is 5.69 Å². The Morgan fingerprint density at radius 2 is 1.96 bits per heavy atom. The Kier molecular flexibility index (Phi) is 6.39. The molecule has 0 saturated heterocycles. The van der Waals surface area contributed by atoms with Crippen LogP contribution in [0, 0.1) is 4.64 Å². The Labute approximate surface area is 173 Å². The molecule has 0 atom stereocenters. The van der Waals surface area contributed by atoms with E-state index in [1.807, 2.05) is 61.8 Å². The molecule has 1 heterocycles. The molecule has 0 aliphatic carbocycles. The summed E-state index contributed by atoms with van der Waals surface area (Å²) in [4.78, 5) is 16.0. The Hall–Kier alpha value is -2.35. The van der Waals surface area contributed by atoms with E-state index >= 15 is 0 Å². The minimum Gasteiger partial charge on any atom is -0.506 e. The maximum Gasteiger partial charge on any atom is 0.265 e. The first-order chi connectivity index (χ1) is 13.5. The van der Waals surface area contributed by atoms with Gasteiger partial charge in [-0.1, -0.05) is 30.4 Å². The van der Waals surface area contributed by atoms with Crippen molar-refractivity contribution in [1.29, 1.82) is 0 Å². The van der Waals surface area contributed by atoms with Gasteiger partial charge in [0.2, 0.25) is 0 Å². The molecule has 28 heavy (non-hydrogen) atoms. The van der Waals surface area contributed by atoms with Crippen LogP contribution in [0.5, 0.6) is 5.75 Å². The first-order valence-corrected chi connectivity index (χ1v) is 10.4. The summed E-state index contributed by atoms with van der Waals surface area (Å²) in [6.07, 6.45) is 1.97. The number of aromatic nitrogens is 1. The molecule has 0 bridgehead atoms. The van der Waals surface area contributed by atoms with E-state index in [0.29, 0.717) is 23.2 Å². The number of aryl methyl sites for hydroxylation is 1. The number of carbonyl (C=O) groups is 1. The summed E-state index contributed by atoms with van der Waals surface area (Å²) >= 11 is 7.12. The van der Waals surface area contributed by atoms with Crippen LogP contribution in [0.1, 0.15) is 10.4 Å². The van der Waals surface area contributed by atoms with Crippen LogP contribution in [0.25, 0.3) is 10.9 Å². The first kappa shape index (κ1) is 20.4. The summed E-state index contributed by atoms with van der Waals surface area (Å²) in [5, 5.41) is 11.6. The van der Waals surface area contributed by atoms with Crippen molar-refractivity contribution >= 4 is 46.5 Å². The van der Waals surface area contributed by atoms with Gasteiger partial charge in [-0.2, -0.15) is 0 Å². The number of rotatable bonds is 6. The predicted molar refractivity (Wildman–Crippen MR) is 117 cm³/mol. The molecule has 0 aliphatic heterocycles. The average Bonchev–Trinajstić information content (AvgIpc) is 2.73. The number of benzene rings is 2. The van der Waals surface area contributed by atoms with Gasteiger partial charge in [-0.3, -0.25) is 4.79 Å². The standard InChI is InChI=1S/C21H22N2O3S2/c1-22-17-10-9-15(28-3)13-16(17)19(24)18(21(22)27)20(25)23(11-12-26-2)14-7-5-4-6-8-14/h4-10,13,24H,11-12H2,1-3H3. The maximum atomic E-state index is 13.5. The van der Waals surface area contributed by atoms with Crippen molar-refractivity contribution in [2.75, 3.05) is 31.4 Å². The molecule has 0 spiro atoms. The number of carbonyl (C=O) groups excluding carboxylic acids is 1. The third kappa shape index (κ3) is 3.78. The molecule has 7 heteroatoms. The van der Waals surface area contributed by atoms with Gasteiger partial charge >= 0.3 is 0 Å². The third-order valence-corrected chi connectivity index (χ3v) is 5.82. The number of thioether (sulfide) groups is 1. The van der Waals surface area contributed by atoms with Crippen molar-refractivity contribution in [3.8, 4) is 5.75 Å². The lowest BCUT2D eigenvalue weighted by Crippen LogP contribution is -2.34. The second-order valence-electron chi connectivity index (χ2n) is 6.26. The fourth-order valence-corrected chi connectivity index (χ4v) is 3.83. The van der Waals surface area contributed by atoms with Crippen LogP contribution in [-0.2, 0) is 11.8 Å². The molecule has 0 radical (unpaired) electrons. The number of amides is 1. The number of nitrogens with zero attached hydrogens (tertiary/aromatic N) is 2. The lowest BCUT2D eigenvalue weighted by molar-refractivity contribution is 0.0972. The molecule has 5 nitrogen and oxygen atoms in total. The molecule has 1 aromatic heterocycles. The Bertz CT molecular complexity index is 1060. The number of pyridine rings is 1. The van der Waals surface area contributed by atoms with E-state index < -0.39 is 0 Å². The van der Waals surface area contributed by atoms with Crippen LogP contribution in [-0.4, -0.2) is 42.1 Å². The zero-order chi connectivity index (χ0) is 20.3. The Morgan fingerprint density at radius 1 is 1.25 bits per heavy atom. The summed E-state index contributed by atoms with van der Waals surface area (Å²) in [5.41, 5.74) is 1.63. The van der Waals surface area contributed by atoms with Gasteiger partial charge in [0.15, 0.2) is 0 Å². The lowest BCUT2D eigenvalue weighted by atomic mass is 10.1. The first-order valence-electron chi connectivity index (χ1n) is 8.75. The lowest BCUT2D eigenvalue weighted by Gasteiger charge is -2.24. The smallest absolute Gasteiger partial charge is 0.265 e. The molecule has 3 rings (SSSR count). The normalized spacial score (nSPS) is 11.0. The van der Waals surface area contributed by atoms with Crippen molar-refractivity contribution in [2.45, 2.75) is 4.90 Å². The van der Waals surface area contributed by atoms with Gasteiger partial charge in [-0.25, -0.2) is 0 Å². The number of hydrogen-bond acceptors (Lipinski definition) is 5. The summed E-state index contributed by atoms with van der Waals surface area (Å²) in [5.74, 6) is -0.435. The number of hydrogen-bond donors (Lipinski definition) is 1. The minimum absolute atomic E-state index is 0.0858. The number of para-hydroxylation sites is 1. The molecule has 146 valence electrons. The number of ether oxygens (including phenoxy) is 1. The van der Waals surface area contributed by atoms with Gasteiger partial charge in [0.05, 0.1) is 12.1 Å². The van der Waals surface area contributed by atoms with Crippen molar-refractivity contribution in [3.63, 3.8) is 0 Å². The molecule has 0 saturated carbocycles. The maximum absolute atomic E-state index is 13.5. The highest BCUT2D eigenvalue weighted by atomic mass is 32.2. The van der Waals surface area contributed by atoms with Gasteiger partial charge in [-0.15, -0.1) is 11.8 Å². The topological polar surface area (TPSA) is 54.7 Å². The SMILES string of the molecule is COCCN(C(=O)c1c(O)c2cc(SC)ccc2n(C)c1=S)c1ccccc1. The zero-order valence-corrected chi connectivity index (χ0v) is 17.6. The minimum atomic E-state index is -0.349. The molecule has 1 N–H and O–H groups in total. The van der Waals surface area contributed by atoms with E-state index in [0.717, 1.165) is 16.1 Å². The number of anilines is 1. The highest BCUT2D eigenvalue weighted by molar-refractivity contribution is 7.98. The van der Waals surface area contributed by atoms with Crippen LogP contribution in [0.15, 0.2) is 53.4 Å². The fourth-order valence-electron chi connectivity index (χ4n) is 3.10. The van der Waals surface area contributed by atoms with Crippen molar-refractivity contribution in [2.24, 2.45) is 7.05 Å². The summed E-state index contributed by atoms with van der Waals surface area (Å²) < 4.78 is 7.24. The van der Waals surface area contributed by atoms with E-state index in [4.69, 9.17) is 17.0 Å². The van der Waals surface area contributed by atoms with Crippen molar-refractivity contribution < 1.29 is 14.6 Å². The van der Waals surface area contributed by atoms with Gasteiger partial charge in [0.1, 0.15) is 16.0 Å². The quantitative estimate of drug-likeness (QED) is 0.471. The van der Waals surface area contributed by atoms with Crippen LogP contribution >= 0.6 is 24.0 Å². The van der Waals surface area contributed by atoms with Crippen LogP contribution in [0.3, 0.4) is 0 Å². The van der Waals surface area contributed by atoms with Gasteiger partial charge in [-0.05, 0) is 36.6 Å². The van der Waals surface area contributed by atoms with Gasteiger partial charge in [0, 0.05) is 36.7 Å². The van der Waals surface area contributed by atoms with E-state index in [-0.39, 0.29) is 17.2 Å². The molecule has 0 fully saturated rings. The zero-order valence-electron chi connectivity index (χ0n) is 16.0. The molecule has 0 unspecified atom stereocenters. The molecular weight excluding hydrogens is 392 g/mol. The highest BCUT2D eigenvalue weighted by Gasteiger charge is 2.25. The largest absolute Gasteiger partial charge is 0.506 e. The van der Waals surface area contributed by atoms with Crippen molar-refractivity contribution in [1.82, 2.24) is 4.57 Å². The van der Waals surface area contributed by atoms with Gasteiger partial charge in [0.25, 0.3) is 5.91 Å². The molecular formula is C21H22N2O3S2. The number of aromatic hydroxyl groups is 1. The van der Waals surface area contributed by atoms with E-state index in [9.17, 15) is 9.90 Å². The molecule has 1 amide bonds.